The van der Waals surface area contributed by atoms with Crippen LogP contribution < -0.4 is 10.6 Å². The zero-order valence-corrected chi connectivity index (χ0v) is 13.7. The van der Waals surface area contributed by atoms with E-state index in [1.54, 1.807) is 6.07 Å². The third-order valence-electron chi connectivity index (χ3n) is 3.90. The van der Waals surface area contributed by atoms with Gasteiger partial charge in [0.1, 0.15) is 6.04 Å². The molecule has 1 heterocycles. The van der Waals surface area contributed by atoms with Gasteiger partial charge in [0.05, 0.1) is 0 Å². The van der Waals surface area contributed by atoms with Gasteiger partial charge in [0.25, 0.3) is 0 Å². The number of unbranched alkanes of at least 4 members (excludes halogenated alkanes) is 3. The van der Waals surface area contributed by atoms with Crippen molar-refractivity contribution in [3.63, 3.8) is 0 Å². The lowest BCUT2D eigenvalue weighted by Gasteiger charge is -2.11. The molecule has 4 heteroatoms. The molecule has 0 saturated carbocycles. The fraction of sp³-hybridized carbons (Fsp3) is 0.588. The van der Waals surface area contributed by atoms with E-state index in [9.17, 15) is 4.79 Å². The van der Waals surface area contributed by atoms with Gasteiger partial charge in [0, 0.05) is 16.3 Å². The highest BCUT2D eigenvalue weighted by Gasteiger charge is 2.29. The van der Waals surface area contributed by atoms with E-state index in [0.717, 1.165) is 30.1 Å². The number of hydrogen-bond acceptors (Lipinski definition) is 2. The summed E-state index contributed by atoms with van der Waals surface area (Å²) in [7, 11) is 0. The van der Waals surface area contributed by atoms with Crippen molar-refractivity contribution in [2.24, 2.45) is 5.92 Å². The first-order valence-corrected chi connectivity index (χ1v) is 8.29. The quantitative estimate of drug-likeness (QED) is 0.693. The van der Waals surface area contributed by atoms with Crippen LogP contribution in [0.25, 0.3) is 0 Å². The first kappa shape index (κ1) is 16.3. The third-order valence-corrected chi connectivity index (χ3v) is 4.14. The van der Waals surface area contributed by atoms with Crippen molar-refractivity contribution in [2.75, 3.05) is 11.9 Å². The molecule has 0 saturated heterocycles. The fourth-order valence-electron chi connectivity index (χ4n) is 2.71. The molecule has 1 amide bonds. The van der Waals surface area contributed by atoms with E-state index >= 15 is 0 Å². The number of nitrogens with one attached hydrogen (secondary N) is 2. The molecule has 1 aromatic carbocycles. The number of amides is 1. The zero-order chi connectivity index (χ0) is 15.2. The molecule has 0 radical (unpaired) electrons. The molecule has 0 aromatic heterocycles. The van der Waals surface area contributed by atoms with Crippen molar-refractivity contribution in [3.8, 4) is 0 Å². The van der Waals surface area contributed by atoms with Crippen LogP contribution in [-0.2, 0) is 4.79 Å². The van der Waals surface area contributed by atoms with Gasteiger partial charge in [-0.15, -0.1) is 0 Å². The molecule has 21 heavy (non-hydrogen) atoms. The summed E-state index contributed by atoms with van der Waals surface area (Å²) in [5.41, 5.74) is 1.84. The number of hydrogen-bond donors (Lipinski definition) is 2. The van der Waals surface area contributed by atoms with Gasteiger partial charge in [0.15, 0.2) is 0 Å². The van der Waals surface area contributed by atoms with E-state index in [-0.39, 0.29) is 11.9 Å². The highest BCUT2D eigenvalue weighted by atomic mass is 35.5. The highest BCUT2D eigenvalue weighted by Crippen LogP contribution is 2.32. The lowest BCUT2D eigenvalue weighted by Crippen LogP contribution is -2.28. The van der Waals surface area contributed by atoms with E-state index in [4.69, 9.17) is 11.6 Å². The molecule has 1 aliphatic rings. The average molecular weight is 309 g/mol. The second kappa shape index (κ2) is 7.81. The summed E-state index contributed by atoms with van der Waals surface area (Å²) in [4.78, 5) is 12.0. The Hall–Kier alpha value is -1.06. The van der Waals surface area contributed by atoms with E-state index in [1.165, 1.54) is 25.7 Å². The van der Waals surface area contributed by atoms with Gasteiger partial charge in [-0.1, -0.05) is 51.1 Å². The van der Waals surface area contributed by atoms with Crippen molar-refractivity contribution >= 4 is 23.2 Å². The number of carbonyl (C=O) groups is 1. The van der Waals surface area contributed by atoms with Gasteiger partial charge in [-0.05, 0) is 37.1 Å². The summed E-state index contributed by atoms with van der Waals surface area (Å²) in [6.45, 7) is 5.40. The first-order chi connectivity index (χ1) is 10.1. The molecule has 0 spiro atoms. The third kappa shape index (κ3) is 4.72. The van der Waals surface area contributed by atoms with Crippen LogP contribution in [0.15, 0.2) is 18.2 Å². The van der Waals surface area contributed by atoms with Gasteiger partial charge >= 0.3 is 0 Å². The minimum Gasteiger partial charge on any atom is -0.324 e. The molecule has 116 valence electrons. The SMILES string of the molecule is CC(C)CCCCCCNC1C(=O)Nc2ccc(Cl)cc21. The predicted molar refractivity (Wildman–Crippen MR) is 88.7 cm³/mol. The Morgan fingerprint density at radius 1 is 1.24 bits per heavy atom. The Bertz CT molecular complexity index is 488. The highest BCUT2D eigenvalue weighted by molar-refractivity contribution is 6.31. The molecule has 1 aliphatic heterocycles. The topological polar surface area (TPSA) is 41.1 Å². The van der Waals surface area contributed by atoms with Crippen LogP contribution in [0.1, 0.15) is 57.6 Å². The van der Waals surface area contributed by atoms with Crippen LogP contribution in [0.3, 0.4) is 0 Å². The van der Waals surface area contributed by atoms with Crippen LogP contribution in [-0.4, -0.2) is 12.5 Å². The zero-order valence-electron chi connectivity index (χ0n) is 12.9. The molecule has 1 unspecified atom stereocenters. The normalized spacial score (nSPS) is 17.1. The van der Waals surface area contributed by atoms with E-state index in [1.807, 2.05) is 12.1 Å². The monoisotopic (exact) mass is 308 g/mol. The minimum absolute atomic E-state index is 0.0204. The average Bonchev–Trinajstić information content (AvgIpc) is 2.73. The molecule has 1 aromatic rings. The molecule has 2 N–H and O–H groups in total. The molecule has 0 fully saturated rings. The molecule has 1 atom stereocenters. The van der Waals surface area contributed by atoms with Crippen LogP contribution in [0.2, 0.25) is 5.02 Å². The van der Waals surface area contributed by atoms with Crippen LogP contribution in [0, 0.1) is 5.92 Å². The number of carbonyl (C=O) groups excluding carboxylic acids is 1. The summed E-state index contributed by atoms with van der Waals surface area (Å²) in [5, 5.41) is 6.90. The number of anilines is 1. The molecular weight excluding hydrogens is 284 g/mol. The van der Waals surface area contributed by atoms with E-state index < -0.39 is 0 Å². The number of rotatable bonds is 8. The van der Waals surface area contributed by atoms with E-state index in [2.05, 4.69) is 24.5 Å². The molecule has 0 aliphatic carbocycles. The molecule has 3 nitrogen and oxygen atoms in total. The summed E-state index contributed by atoms with van der Waals surface area (Å²) in [6, 6.07) is 5.28. The number of halogens is 1. The van der Waals surface area contributed by atoms with Gasteiger partial charge in [-0.25, -0.2) is 0 Å². The summed E-state index contributed by atoms with van der Waals surface area (Å²) >= 11 is 6.01. The van der Waals surface area contributed by atoms with Gasteiger partial charge in [-0.3, -0.25) is 4.79 Å². The second-order valence-electron chi connectivity index (χ2n) is 6.20. The van der Waals surface area contributed by atoms with Crippen molar-refractivity contribution in [3.05, 3.63) is 28.8 Å². The Balaban J connectivity index is 1.72. The smallest absolute Gasteiger partial charge is 0.246 e. The summed E-state index contributed by atoms with van der Waals surface area (Å²) in [5.74, 6) is 0.818. The predicted octanol–water partition coefficient (Wildman–Crippen LogP) is 4.53. The molecular formula is C17H25ClN2O. The Morgan fingerprint density at radius 3 is 2.76 bits per heavy atom. The van der Waals surface area contributed by atoms with Gasteiger partial charge < -0.3 is 10.6 Å². The van der Waals surface area contributed by atoms with Crippen LogP contribution in [0.5, 0.6) is 0 Å². The van der Waals surface area contributed by atoms with Gasteiger partial charge in [0.2, 0.25) is 5.91 Å². The van der Waals surface area contributed by atoms with E-state index in [0.29, 0.717) is 5.02 Å². The lowest BCUT2D eigenvalue weighted by atomic mass is 10.0. The molecule has 2 rings (SSSR count). The first-order valence-electron chi connectivity index (χ1n) is 7.91. The second-order valence-corrected chi connectivity index (χ2v) is 6.64. The summed E-state index contributed by atoms with van der Waals surface area (Å²) in [6.07, 6.45) is 6.22. The molecule has 0 bridgehead atoms. The Morgan fingerprint density at radius 2 is 2.00 bits per heavy atom. The summed E-state index contributed by atoms with van der Waals surface area (Å²) < 4.78 is 0. The van der Waals surface area contributed by atoms with Crippen molar-refractivity contribution in [1.82, 2.24) is 5.32 Å². The minimum atomic E-state index is -0.255. The van der Waals surface area contributed by atoms with Gasteiger partial charge in [-0.2, -0.15) is 0 Å². The van der Waals surface area contributed by atoms with Crippen molar-refractivity contribution in [1.29, 1.82) is 0 Å². The maximum atomic E-state index is 12.0. The Kier molecular flexibility index (Phi) is 6.07. The Labute approximate surface area is 132 Å². The van der Waals surface area contributed by atoms with Crippen molar-refractivity contribution < 1.29 is 4.79 Å². The van der Waals surface area contributed by atoms with Crippen molar-refractivity contribution in [2.45, 2.75) is 52.0 Å². The fourth-order valence-corrected chi connectivity index (χ4v) is 2.89. The maximum absolute atomic E-state index is 12.0. The van der Waals surface area contributed by atoms with Crippen LogP contribution in [0.4, 0.5) is 5.69 Å². The number of benzene rings is 1. The van der Waals surface area contributed by atoms with Crippen LogP contribution >= 0.6 is 11.6 Å². The standard InChI is InChI=1S/C17H25ClN2O/c1-12(2)7-5-3-4-6-10-19-16-14-11-13(18)8-9-15(14)20-17(16)21/h8-9,11-12,16,19H,3-7,10H2,1-2H3,(H,20,21). The number of fused-ring (bicyclic) bond motifs is 1. The maximum Gasteiger partial charge on any atom is 0.246 e. The largest absolute Gasteiger partial charge is 0.324 e. The lowest BCUT2D eigenvalue weighted by molar-refractivity contribution is -0.117.